The van der Waals surface area contributed by atoms with E-state index in [4.69, 9.17) is 4.74 Å². The van der Waals surface area contributed by atoms with E-state index >= 15 is 0 Å². The average Bonchev–Trinajstić information content (AvgIpc) is 3.49. The van der Waals surface area contributed by atoms with Gasteiger partial charge in [0, 0.05) is 17.8 Å². The zero-order valence-electron chi connectivity index (χ0n) is 17.9. The van der Waals surface area contributed by atoms with Gasteiger partial charge in [0.1, 0.15) is 12.4 Å². The van der Waals surface area contributed by atoms with Crippen molar-refractivity contribution >= 4 is 17.3 Å². The molecule has 0 spiro atoms. The normalized spacial score (nSPS) is 14.2. The summed E-state index contributed by atoms with van der Waals surface area (Å²) in [6, 6.07) is 21.6. The zero-order chi connectivity index (χ0) is 21.8. The van der Waals surface area contributed by atoms with E-state index in [0.29, 0.717) is 12.6 Å². The second kappa shape index (κ2) is 9.38. The van der Waals surface area contributed by atoms with Crippen molar-refractivity contribution in [1.82, 2.24) is 19.5 Å². The molecule has 2 N–H and O–H groups in total. The van der Waals surface area contributed by atoms with Crippen LogP contribution in [0.1, 0.15) is 18.4 Å². The first-order valence-corrected chi connectivity index (χ1v) is 11.1. The Kier molecular flexibility index (Phi) is 6.00. The summed E-state index contributed by atoms with van der Waals surface area (Å²) in [5.41, 5.74) is 4.50. The van der Waals surface area contributed by atoms with Gasteiger partial charge in [0.15, 0.2) is 5.65 Å². The van der Waals surface area contributed by atoms with Crippen LogP contribution in [0.25, 0.3) is 16.9 Å². The standard InChI is InChI=1S/C25H27N5O2/c31-18-19-6-8-20(9-7-19)23-4-3-5-24-27-25(28-30(23)24)26-21-10-12-22(13-11-21)32-17-16-29-14-1-2-15-29/h3-13,31H,1-2,14-18H2,(H,26,28). The maximum atomic E-state index is 9.27. The molecule has 0 unspecified atom stereocenters. The molecule has 7 heteroatoms. The van der Waals surface area contributed by atoms with Gasteiger partial charge in [-0.05, 0) is 67.9 Å². The Morgan fingerprint density at radius 1 is 0.938 bits per heavy atom. The molecule has 3 heterocycles. The van der Waals surface area contributed by atoms with Crippen LogP contribution in [0.5, 0.6) is 5.75 Å². The highest BCUT2D eigenvalue weighted by atomic mass is 16.5. The molecule has 0 amide bonds. The van der Waals surface area contributed by atoms with E-state index in [0.717, 1.165) is 40.4 Å². The molecule has 0 aliphatic carbocycles. The number of pyridine rings is 1. The molecular formula is C25H27N5O2. The number of ether oxygens (including phenoxy) is 1. The van der Waals surface area contributed by atoms with Crippen molar-refractivity contribution in [1.29, 1.82) is 0 Å². The predicted octanol–water partition coefficient (Wildman–Crippen LogP) is 4.11. The monoisotopic (exact) mass is 429 g/mol. The quantitative estimate of drug-likeness (QED) is 0.439. The van der Waals surface area contributed by atoms with Gasteiger partial charge in [0.2, 0.25) is 5.95 Å². The largest absolute Gasteiger partial charge is 0.492 e. The summed E-state index contributed by atoms with van der Waals surface area (Å²) in [5.74, 6) is 1.40. The number of likely N-dealkylation sites (tertiary alicyclic amines) is 1. The van der Waals surface area contributed by atoms with Crippen LogP contribution in [0, 0.1) is 0 Å². The SMILES string of the molecule is OCc1ccc(-c2cccc3nc(Nc4ccc(OCCN5CCCC5)cc4)nn23)cc1. The summed E-state index contributed by atoms with van der Waals surface area (Å²) >= 11 is 0. The number of hydrogen-bond acceptors (Lipinski definition) is 6. The highest BCUT2D eigenvalue weighted by Crippen LogP contribution is 2.23. The van der Waals surface area contributed by atoms with Gasteiger partial charge in [-0.2, -0.15) is 4.98 Å². The lowest BCUT2D eigenvalue weighted by molar-refractivity contribution is 0.238. The molecule has 0 atom stereocenters. The Labute approximate surface area is 187 Å². The number of anilines is 2. The summed E-state index contributed by atoms with van der Waals surface area (Å²) in [5, 5.41) is 17.2. The molecule has 1 aliphatic heterocycles. The second-order valence-corrected chi connectivity index (χ2v) is 8.02. The molecule has 1 saturated heterocycles. The first-order chi connectivity index (χ1) is 15.8. The minimum Gasteiger partial charge on any atom is -0.492 e. The topological polar surface area (TPSA) is 74.9 Å². The number of benzene rings is 2. The van der Waals surface area contributed by atoms with E-state index in [1.165, 1.54) is 25.9 Å². The van der Waals surface area contributed by atoms with E-state index in [1.54, 1.807) is 0 Å². The van der Waals surface area contributed by atoms with Crippen molar-refractivity contribution < 1.29 is 9.84 Å². The molecule has 164 valence electrons. The van der Waals surface area contributed by atoms with Crippen LogP contribution in [0.4, 0.5) is 11.6 Å². The zero-order valence-corrected chi connectivity index (χ0v) is 17.9. The first-order valence-electron chi connectivity index (χ1n) is 11.1. The Morgan fingerprint density at radius 3 is 2.47 bits per heavy atom. The molecule has 0 radical (unpaired) electrons. The molecule has 2 aromatic carbocycles. The third kappa shape index (κ3) is 4.59. The summed E-state index contributed by atoms with van der Waals surface area (Å²) in [4.78, 5) is 7.05. The van der Waals surface area contributed by atoms with Crippen LogP contribution in [-0.4, -0.2) is 50.8 Å². The van der Waals surface area contributed by atoms with E-state index in [1.807, 2.05) is 71.2 Å². The fourth-order valence-corrected chi connectivity index (χ4v) is 4.02. The molecule has 32 heavy (non-hydrogen) atoms. The van der Waals surface area contributed by atoms with Gasteiger partial charge in [0.05, 0.1) is 12.3 Å². The van der Waals surface area contributed by atoms with Crippen molar-refractivity contribution in [2.45, 2.75) is 19.4 Å². The number of aliphatic hydroxyl groups excluding tert-OH is 1. The maximum absolute atomic E-state index is 9.27. The molecule has 1 fully saturated rings. The lowest BCUT2D eigenvalue weighted by atomic mass is 10.1. The van der Waals surface area contributed by atoms with E-state index in [2.05, 4.69) is 20.3 Å². The van der Waals surface area contributed by atoms with Gasteiger partial charge in [-0.3, -0.25) is 4.90 Å². The Hall–Kier alpha value is -3.42. The number of nitrogens with zero attached hydrogens (tertiary/aromatic N) is 4. The second-order valence-electron chi connectivity index (χ2n) is 8.02. The van der Waals surface area contributed by atoms with E-state index in [-0.39, 0.29) is 6.61 Å². The van der Waals surface area contributed by atoms with Crippen LogP contribution >= 0.6 is 0 Å². The first kappa shape index (κ1) is 20.5. The molecule has 0 saturated carbocycles. The minimum atomic E-state index is 0.0319. The number of fused-ring (bicyclic) bond motifs is 1. The van der Waals surface area contributed by atoms with Crippen molar-refractivity contribution in [3.8, 4) is 17.0 Å². The average molecular weight is 430 g/mol. The number of nitrogens with one attached hydrogen (secondary N) is 1. The Morgan fingerprint density at radius 2 is 1.72 bits per heavy atom. The van der Waals surface area contributed by atoms with Gasteiger partial charge in [-0.15, -0.1) is 5.10 Å². The molecule has 0 bridgehead atoms. The van der Waals surface area contributed by atoms with Crippen LogP contribution < -0.4 is 10.1 Å². The summed E-state index contributed by atoms with van der Waals surface area (Å²) in [6.45, 7) is 4.10. The Bertz CT molecular complexity index is 1170. The number of aliphatic hydroxyl groups is 1. The fraction of sp³-hybridized carbons (Fsp3) is 0.280. The van der Waals surface area contributed by atoms with Crippen molar-refractivity contribution in [3.05, 3.63) is 72.3 Å². The number of hydrogen-bond donors (Lipinski definition) is 2. The minimum absolute atomic E-state index is 0.0319. The van der Waals surface area contributed by atoms with Gasteiger partial charge in [0.25, 0.3) is 0 Å². The number of rotatable bonds is 8. The molecule has 2 aromatic heterocycles. The van der Waals surface area contributed by atoms with Crippen LogP contribution in [0.15, 0.2) is 66.7 Å². The van der Waals surface area contributed by atoms with E-state index < -0.39 is 0 Å². The summed E-state index contributed by atoms with van der Waals surface area (Å²) < 4.78 is 7.71. The lowest BCUT2D eigenvalue weighted by Crippen LogP contribution is -2.25. The highest BCUT2D eigenvalue weighted by Gasteiger charge is 2.11. The van der Waals surface area contributed by atoms with E-state index in [9.17, 15) is 5.11 Å². The predicted molar refractivity (Wildman–Crippen MR) is 125 cm³/mol. The molecule has 4 aromatic rings. The highest BCUT2D eigenvalue weighted by molar-refractivity contribution is 5.65. The van der Waals surface area contributed by atoms with Crippen molar-refractivity contribution in [2.24, 2.45) is 0 Å². The molecule has 1 aliphatic rings. The third-order valence-electron chi connectivity index (χ3n) is 5.78. The molecule has 5 rings (SSSR count). The maximum Gasteiger partial charge on any atom is 0.247 e. The fourth-order valence-electron chi connectivity index (χ4n) is 4.02. The number of aromatic nitrogens is 3. The smallest absolute Gasteiger partial charge is 0.247 e. The van der Waals surface area contributed by atoms with Crippen LogP contribution in [-0.2, 0) is 6.61 Å². The van der Waals surface area contributed by atoms with Crippen molar-refractivity contribution in [2.75, 3.05) is 31.6 Å². The van der Waals surface area contributed by atoms with Gasteiger partial charge in [-0.25, -0.2) is 4.52 Å². The van der Waals surface area contributed by atoms with Gasteiger partial charge in [-0.1, -0.05) is 30.3 Å². The van der Waals surface area contributed by atoms with Gasteiger partial charge >= 0.3 is 0 Å². The van der Waals surface area contributed by atoms with Gasteiger partial charge < -0.3 is 15.2 Å². The van der Waals surface area contributed by atoms with Crippen LogP contribution in [0.2, 0.25) is 0 Å². The summed E-state index contributed by atoms with van der Waals surface area (Å²) in [7, 11) is 0. The Balaban J connectivity index is 1.26. The molecule has 7 nitrogen and oxygen atoms in total. The lowest BCUT2D eigenvalue weighted by Gasteiger charge is -2.15. The summed E-state index contributed by atoms with van der Waals surface area (Å²) in [6.07, 6.45) is 2.60. The van der Waals surface area contributed by atoms with Crippen LogP contribution in [0.3, 0.4) is 0 Å². The van der Waals surface area contributed by atoms with Crippen molar-refractivity contribution in [3.63, 3.8) is 0 Å². The third-order valence-corrected chi connectivity index (χ3v) is 5.78. The molecular weight excluding hydrogens is 402 g/mol.